The molecule has 1 rings (SSSR count). The van der Waals surface area contributed by atoms with Gasteiger partial charge in [0, 0.05) is 19.6 Å². The number of hydrogen-bond donors (Lipinski definition) is 1. The van der Waals surface area contributed by atoms with E-state index in [0.29, 0.717) is 0 Å². The van der Waals surface area contributed by atoms with Crippen LogP contribution in [0.15, 0.2) is 11.6 Å². The third-order valence-electron chi connectivity index (χ3n) is 3.02. The first-order chi connectivity index (χ1) is 8.36. The highest BCUT2D eigenvalue weighted by Gasteiger charge is 2.07. The Kier molecular flexibility index (Phi) is 8.32. The van der Waals surface area contributed by atoms with Gasteiger partial charge in [-0.3, -0.25) is 0 Å². The Labute approximate surface area is 106 Å². The van der Waals surface area contributed by atoms with E-state index in [-0.39, 0.29) is 6.29 Å². The van der Waals surface area contributed by atoms with Crippen molar-refractivity contribution in [2.24, 2.45) is 0 Å². The van der Waals surface area contributed by atoms with Gasteiger partial charge >= 0.3 is 0 Å². The van der Waals surface area contributed by atoms with Gasteiger partial charge in [0.25, 0.3) is 0 Å². The minimum Gasteiger partial charge on any atom is -0.353 e. The lowest BCUT2D eigenvalue weighted by Gasteiger charge is -2.17. The molecule has 0 atom stereocenters. The van der Waals surface area contributed by atoms with E-state index < -0.39 is 0 Å². The summed E-state index contributed by atoms with van der Waals surface area (Å²) in [6, 6.07) is 0. The lowest BCUT2D eigenvalue weighted by Crippen LogP contribution is -2.25. The monoisotopic (exact) mass is 241 g/mol. The minimum atomic E-state index is -0.0387. The topological polar surface area (TPSA) is 30.5 Å². The second-order valence-corrected chi connectivity index (χ2v) is 4.38. The Morgan fingerprint density at radius 1 is 1.24 bits per heavy atom. The molecule has 0 amide bonds. The second kappa shape index (κ2) is 9.63. The number of allylic oxidation sites excluding steroid dienone is 1. The number of ether oxygens (including phenoxy) is 2. The van der Waals surface area contributed by atoms with E-state index in [9.17, 15) is 0 Å². The van der Waals surface area contributed by atoms with Gasteiger partial charge in [-0.05, 0) is 52.6 Å². The molecule has 0 unspecified atom stereocenters. The molecule has 17 heavy (non-hydrogen) atoms. The molecule has 1 aliphatic rings. The van der Waals surface area contributed by atoms with Gasteiger partial charge in [0.15, 0.2) is 6.29 Å². The summed E-state index contributed by atoms with van der Waals surface area (Å²) >= 11 is 0. The van der Waals surface area contributed by atoms with Gasteiger partial charge in [-0.1, -0.05) is 11.6 Å². The van der Waals surface area contributed by atoms with Crippen molar-refractivity contribution in [1.29, 1.82) is 0 Å². The fourth-order valence-corrected chi connectivity index (χ4v) is 2.14. The van der Waals surface area contributed by atoms with E-state index in [4.69, 9.17) is 9.47 Å². The quantitative estimate of drug-likeness (QED) is 0.362. The van der Waals surface area contributed by atoms with E-state index in [1.807, 2.05) is 13.8 Å². The average Bonchev–Trinajstić information content (AvgIpc) is 2.82. The Morgan fingerprint density at radius 2 is 2.00 bits per heavy atom. The SMILES string of the molecule is CCOC(CCNCCC1=CCCC1)OCC. The molecule has 1 N–H and O–H groups in total. The Hall–Kier alpha value is -0.380. The van der Waals surface area contributed by atoms with Crippen molar-refractivity contribution < 1.29 is 9.47 Å². The second-order valence-electron chi connectivity index (χ2n) is 4.38. The largest absolute Gasteiger partial charge is 0.353 e. The zero-order chi connectivity index (χ0) is 12.3. The molecular weight excluding hydrogens is 214 g/mol. The Morgan fingerprint density at radius 3 is 2.59 bits per heavy atom. The highest BCUT2D eigenvalue weighted by atomic mass is 16.7. The van der Waals surface area contributed by atoms with Crippen LogP contribution in [0, 0.1) is 0 Å². The van der Waals surface area contributed by atoms with Gasteiger partial charge in [-0.2, -0.15) is 0 Å². The molecule has 1 aliphatic carbocycles. The van der Waals surface area contributed by atoms with Gasteiger partial charge < -0.3 is 14.8 Å². The van der Waals surface area contributed by atoms with Crippen molar-refractivity contribution in [3.63, 3.8) is 0 Å². The fourth-order valence-electron chi connectivity index (χ4n) is 2.14. The summed E-state index contributed by atoms with van der Waals surface area (Å²) in [7, 11) is 0. The molecular formula is C14H27NO2. The van der Waals surface area contributed by atoms with Crippen LogP contribution in [-0.4, -0.2) is 32.6 Å². The Balaban J connectivity index is 1.97. The molecule has 0 fully saturated rings. The zero-order valence-corrected chi connectivity index (χ0v) is 11.3. The molecule has 0 saturated heterocycles. The number of rotatable bonds is 10. The minimum absolute atomic E-state index is 0.0387. The molecule has 0 saturated carbocycles. The maximum Gasteiger partial charge on any atom is 0.158 e. The van der Waals surface area contributed by atoms with Crippen molar-refractivity contribution in [1.82, 2.24) is 5.32 Å². The highest BCUT2D eigenvalue weighted by molar-refractivity contribution is 5.07. The fraction of sp³-hybridized carbons (Fsp3) is 0.857. The standard InChI is InChI=1S/C14H27NO2/c1-3-16-14(17-4-2)10-12-15-11-9-13-7-5-6-8-13/h7,14-15H,3-6,8-12H2,1-2H3. The van der Waals surface area contributed by atoms with Crippen LogP contribution in [-0.2, 0) is 9.47 Å². The average molecular weight is 241 g/mol. The summed E-state index contributed by atoms with van der Waals surface area (Å²) in [4.78, 5) is 0. The molecule has 0 aromatic heterocycles. The van der Waals surface area contributed by atoms with Gasteiger partial charge in [0.1, 0.15) is 0 Å². The van der Waals surface area contributed by atoms with Crippen LogP contribution in [0.1, 0.15) is 46.0 Å². The lowest BCUT2D eigenvalue weighted by atomic mass is 10.2. The van der Waals surface area contributed by atoms with Crippen molar-refractivity contribution in [3.05, 3.63) is 11.6 Å². The molecule has 0 heterocycles. The normalized spacial score (nSPS) is 15.6. The van der Waals surface area contributed by atoms with E-state index in [2.05, 4.69) is 11.4 Å². The van der Waals surface area contributed by atoms with Crippen molar-refractivity contribution in [2.45, 2.75) is 52.2 Å². The predicted octanol–water partition coefficient (Wildman–Crippen LogP) is 2.87. The smallest absolute Gasteiger partial charge is 0.158 e. The Bertz CT molecular complexity index is 210. The van der Waals surface area contributed by atoms with E-state index in [0.717, 1.165) is 32.7 Å². The van der Waals surface area contributed by atoms with Crippen LogP contribution >= 0.6 is 0 Å². The van der Waals surface area contributed by atoms with Gasteiger partial charge in [-0.25, -0.2) is 0 Å². The summed E-state index contributed by atoms with van der Waals surface area (Å²) in [5.41, 5.74) is 1.63. The van der Waals surface area contributed by atoms with Crippen molar-refractivity contribution in [2.75, 3.05) is 26.3 Å². The van der Waals surface area contributed by atoms with Crippen LogP contribution in [0.5, 0.6) is 0 Å². The third kappa shape index (κ3) is 6.81. The lowest BCUT2D eigenvalue weighted by molar-refractivity contribution is -0.138. The first kappa shape index (κ1) is 14.7. The van der Waals surface area contributed by atoms with E-state index >= 15 is 0 Å². The first-order valence-electron chi connectivity index (χ1n) is 6.98. The third-order valence-corrected chi connectivity index (χ3v) is 3.02. The molecule has 0 aromatic rings. The van der Waals surface area contributed by atoms with Crippen molar-refractivity contribution >= 4 is 0 Å². The maximum atomic E-state index is 5.49. The maximum absolute atomic E-state index is 5.49. The molecule has 100 valence electrons. The van der Waals surface area contributed by atoms with Gasteiger partial charge in [-0.15, -0.1) is 0 Å². The summed E-state index contributed by atoms with van der Waals surface area (Å²) in [6.45, 7) is 7.50. The summed E-state index contributed by atoms with van der Waals surface area (Å²) < 4.78 is 11.0. The van der Waals surface area contributed by atoms with Gasteiger partial charge in [0.2, 0.25) is 0 Å². The summed E-state index contributed by atoms with van der Waals surface area (Å²) in [5.74, 6) is 0. The predicted molar refractivity (Wildman–Crippen MR) is 71.1 cm³/mol. The molecule has 0 radical (unpaired) electrons. The molecule has 3 nitrogen and oxygen atoms in total. The van der Waals surface area contributed by atoms with Crippen LogP contribution in [0.4, 0.5) is 0 Å². The first-order valence-corrected chi connectivity index (χ1v) is 6.98. The summed E-state index contributed by atoms with van der Waals surface area (Å²) in [5, 5.41) is 3.46. The van der Waals surface area contributed by atoms with Gasteiger partial charge in [0.05, 0.1) is 0 Å². The molecule has 0 spiro atoms. The zero-order valence-electron chi connectivity index (χ0n) is 11.3. The molecule has 0 aromatic carbocycles. The van der Waals surface area contributed by atoms with E-state index in [1.165, 1.54) is 25.7 Å². The molecule has 0 bridgehead atoms. The van der Waals surface area contributed by atoms with E-state index in [1.54, 1.807) is 5.57 Å². The van der Waals surface area contributed by atoms with Crippen LogP contribution in [0.3, 0.4) is 0 Å². The van der Waals surface area contributed by atoms with Crippen molar-refractivity contribution in [3.8, 4) is 0 Å². The van der Waals surface area contributed by atoms with Crippen LogP contribution in [0.2, 0.25) is 0 Å². The molecule has 3 heteroatoms. The molecule has 0 aliphatic heterocycles. The number of nitrogens with one attached hydrogen (secondary N) is 1. The summed E-state index contributed by atoms with van der Waals surface area (Å²) in [6.07, 6.45) is 8.43. The highest BCUT2D eigenvalue weighted by Crippen LogP contribution is 2.19. The van der Waals surface area contributed by atoms with Crippen LogP contribution < -0.4 is 5.32 Å². The van der Waals surface area contributed by atoms with Crippen LogP contribution in [0.25, 0.3) is 0 Å². The number of hydrogen-bond acceptors (Lipinski definition) is 3.